The molecule has 14 heavy (non-hydrogen) atoms. The predicted octanol–water partition coefficient (Wildman–Crippen LogP) is 0.948. The Kier molecular flexibility index (Phi) is 4.58. The summed E-state index contributed by atoms with van der Waals surface area (Å²) in [5.41, 5.74) is 0.650. The summed E-state index contributed by atoms with van der Waals surface area (Å²) >= 11 is 0. The van der Waals surface area contributed by atoms with Gasteiger partial charge in [-0.1, -0.05) is 0 Å². The van der Waals surface area contributed by atoms with Gasteiger partial charge in [0.2, 0.25) is 0 Å². The second-order valence-corrected chi connectivity index (χ2v) is 11.0. The quantitative estimate of drug-likeness (QED) is 0.654. The molecular formula is C10H28N2Si2. The first-order chi connectivity index (χ1) is 5.98. The molecule has 0 saturated heterocycles. The van der Waals surface area contributed by atoms with E-state index in [4.69, 9.17) is 0 Å². The molecule has 1 atom stereocenters. The van der Waals surface area contributed by atoms with E-state index in [-0.39, 0.29) is 0 Å². The fourth-order valence-corrected chi connectivity index (χ4v) is 5.18. The van der Waals surface area contributed by atoms with Crippen molar-refractivity contribution in [3.63, 3.8) is 0 Å². The molecule has 0 aromatic rings. The number of nitrogens with zero attached hydrogens (tertiary/aromatic N) is 2. The van der Waals surface area contributed by atoms with Gasteiger partial charge in [-0.2, -0.15) is 0 Å². The van der Waals surface area contributed by atoms with E-state index in [1.54, 1.807) is 0 Å². The summed E-state index contributed by atoms with van der Waals surface area (Å²) in [5.74, 6) is 0. The maximum Gasteiger partial charge on any atom is 0.180 e. The van der Waals surface area contributed by atoms with Crippen molar-refractivity contribution in [2.75, 3.05) is 7.05 Å². The van der Waals surface area contributed by atoms with Crippen LogP contribution in [0.5, 0.6) is 0 Å². The van der Waals surface area contributed by atoms with Gasteiger partial charge in [-0.25, -0.2) is 0 Å². The van der Waals surface area contributed by atoms with Crippen LogP contribution in [0.2, 0.25) is 6.55 Å². The van der Waals surface area contributed by atoms with Crippen molar-refractivity contribution in [2.24, 2.45) is 0 Å². The SMILES string of the molecule is CN([SiH](C)N([SiH3])C(C)(C)C)C(C)(C)C. The van der Waals surface area contributed by atoms with Gasteiger partial charge in [0.25, 0.3) is 0 Å². The molecule has 0 rings (SSSR count). The minimum atomic E-state index is -0.912. The molecule has 0 radical (unpaired) electrons. The van der Waals surface area contributed by atoms with Gasteiger partial charge in [-0.3, -0.25) is 0 Å². The summed E-state index contributed by atoms with van der Waals surface area (Å²) < 4.78 is 5.25. The van der Waals surface area contributed by atoms with Gasteiger partial charge in [0.05, 0.1) is 10.4 Å². The average molecular weight is 233 g/mol. The number of hydrogen-bond acceptors (Lipinski definition) is 2. The highest BCUT2D eigenvalue weighted by molar-refractivity contribution is 6.57. The van der Waals surface area contributed by atoms with Crippen LogP contribution in [0.3, 0.4) is 0 Å². The molecule has 0 aromatic carbocycles. The van der Waals surface area contributed by atoms with Crippen LogP contribution in [0, 0.1) is 0 Å². The van der Waals surface area contributed by atoms with Crippen LogP contribution in [0.4, 0.5) is 0 Å². The molecule has 0 bridgehead atoms. The second kappa shape index (κ2) is 4.47. The van der Waals surface area contributed by atoms with Crippen LogP contribution >= 0.6 is 0 Å². The highest BCUT2D eigenvalue weighted by Gasteiger charge is 2.30. The van der Waals surface area contributed by atoms with Crippen LogP contribution < -0.4 is 0 Å². The zero-order chi connectivity index (χ0) is 11.7. The number of hydrogen-bond donors (Lipinski definition) is 0. The molecule has 0 N–H and O–H groups in total. The molecule has 0 aliphatic carbocycles. The normalized spacial score (nSPS) is 16.7. The fraction of sp³-hybridized carbons (Fsp3) is 1.00. The summed E-state index contributed by atoms with van der Waals surface area (Å²) in [6, 6.07) is 0. The lowest BCUT2D eigenvalue weighted by atomic mass is 10.1. The molecule has 0 amide bonds. The predicted molar refractivity (Wildman–Crippen MR) is 72.1 cm³/mol. The Morgan fingerprint density at radius 3 is 1.50 bits per heavy atom. The van der Waals surface area contributed by atoms with Crippen molar-refractivity contribution < 1.29 is 0 Å². The highest BCUT2D eigenvalue weighted by atomic mass is 28.3. The first-order valence-corrected chi connectivity index (χ1v) is 8.52. The molecule has 0 aliphatic heterocycles. The molecular weight excluding hydrogens is 204 g/mol. The van der Waals surface area contributed by atoms with Crippen molar-refractivity contribution in [1.29, 1.82) is 0 Å². The lowest BCUT2D eigenvalue weighted by molar-refractivity contribution is 0.255. The third-order valence-corrected chi connectivity index (χ3v) is 10.6. The van der Waals surface area contributed by atoms with E-state index in [1.807, 2.05) is 0 Å². The van der Waals surface area contributed by atoms with Gasteiger partial charge < -0.3 is 8.80 Å². The van der Waals surface area contributed by atoms with Crippen molar-refractivity contribution >= 4 is 19.5 Å². The lowest BCUT2D eigenvalue weighted by Gasteiger charge is -2.45. The monoisotopic (exact) mass is 232 g/mol. The van der Waals surface area contributed by atoms with E-state index < -0.39 is 9.12 Å². The minimum absolute atomic E-state index is 0.305. The third-order valence-electron chi connectivity index (χ3n) is 3.24. The summed E-state index contributed by atoms with van der Waals surface area (Å²) in [6.07, 6.45) is 0. The molecule has 0 aliphatic rings. The van der Waals surface area contributed by atoms with Gasteiger partial charge in [0.1, 0.15) is 0 Å². The Bertz CT molecular complexity index is 162. The van der Waals surface area contributed by atoms with E-state index >= 15 is 0 Å². The van der Waals surface area contributed by atoms with Gasteiger partial charge in [0, 0.05) is 11.1 Å². The van der Waals surface area contributed by atoms with Crippen LogP contribution in [0.25, 0.3) is 0 Å². The van der Waals surface area contributed by atoms with E-state index in [0.717, 1.165) is 0 Å². The van der Waals surface area contributed by atoms with Crippen LogP contribution in [0.1, 0.15) is 41.5 Å². The smallest absolute Gasteiger partial charge is 0.180 e. The molecule has 4 heteroatoms. The summed E-state index contributed by atoms with van der Waals surface area (Å²) in [6.45, 7) is 16.3. The van der Waals surface area contributed by atoms with E-state index in [1.165, 1.54) is 10.4 Å². The van der Waals surface area contributed by atoms with Crippen LogP contribution in [-0.2, 0) is 0 Å². The molecule has 0 heterocycles. The van der Waals surface area contributed by atoms with Crippen LogP contribution in [-0.4, -0.2) is 46.4 Å². The molecule has 1 unspecified atom stereocenters. The first kappa shape index (κ1) is 14.4. The third kappa shape index (κ3) is 3.84. The van der Waals surface area contributed by atoms with E-state index in [9.17, 15) is 0 Å². The average Bonchev–Trinajstić information content (AvgIpc) is 1.97. The zero-order valence-corrected chi connectivity index (χ0v) is 14.6. The molecule has 0 aromatic heterocycles. The minimum Gasteiger partial charge on any atom is -0.339 e. The van der Waals surface area contributed by atoms with E-state index in [0.29, 0.717) is 11.1 Å². The molecule has 0 saturated carbocycles. The molecule has 2 nitrogen and oxygen atoms in total. The maximum atomic E-state index is 2.68. The molecule has 0 spiro atoms. The highest BCUT2D eigenvalue weighted by Crippen LogP contribution is 2.18. The zero-order valence-electron chi connectivity index (χ0n) is 11.5. The second-order valence-electron chi connectivity index (χ2n) is 6.20. The molecule has 0 fully saturated rings. The Hall–Kier alpha value is 0.354. The maximum absolute atomic E-state index is 2.68. The number of rotatable bonds is 2. The fourth-order valence-electron chi connectivity index (χ4n) is 1.38. The summed E-state index contributed by atoms with van der Waals surface area (Å²) in [7, 11) is 2.53. The van der Waals surface area contributed by atoms with Crippen LogP contribution in [0.15, 0.2) is 0 Å². The standard InChI is InChI=1S/C10H28N2Si2/c1-9(2,3)11(7)14(8)12(13)10(4,5)6/h14H,1-8,13H3. The van der Waals surface area contributed by atoms with Gasteiger partial charge in [-0.15, -0.1) is 0 Å². The largest absolute Gasteiger partial charge is 0.339 e. The molecule has 86 valence electrons. The van der Waals surface area contributed by atoms with Crippen molar-refractivity contribution in [1.82, 2.24) is 8.80 Å². The Balaban J connectivity index is 4.56. The van der Waals surface area contributed by atoms with Crippen molar-refractivity contribution in [3.8, 4) is 0 Å². The summed E-state index contributed by atoms with van der Waals surface area (Å²) in [4.78, 5) is 0. The topological polar surface area (TPSA) is 6.48 Å². The van der Waals surface area contributed by atoms with Gasteiger partial charge >= 0.3 is 0 Å². The van der Waals surface area contributed by atoms with E-state index in [2.05, 4.69) is 63.9 Å². The van der Waals surface area contributed by atoms with Crippen molar-refractivity contribution in [3.05, 3.63) is 0 Å². The first-order valence-electron chi connectivity index (χ1n) is 5.44. The van der Waals surface area contributed by atoms with Crippen molar-refractivity contribution in [2.45, 2.75) is 59.2 Å². The Labute approximate surface area is 94.9 Å². The summed E-state index contributed by atoms with van der Waals surface area (Å²) in [5, 5.41) is 0. The van der Waals surface area contributed by atoms with Gasteiger partial charge in [-0.05, 0) is 55.1 Å². The Morgan fingerprint density at radius 2 is 1.29 bits per heavy atom. The Morgan fingerprint density at radius 1 is 0.929 bits per heavy atom. The van der Waals surface area contributed by atoms with Gasteiger partial charge in [0.15, 0.2) is 9.12 Å². The lowest BCUT2D eigenvalue weighted by Crippen LogP contribution is -2.60.